The molecule has 2 rings (SSSR count). The first-order valence-electron chi connectivity index (χ1n) is 6.92. The second-order valence-electron chi connectivity index (χ2n) is 5.32. The van der Waals surface area contributed by atoms with E-state index in [0.29, 0.717) is 6.04 Å². The quantitative estimate of drug-likeness (QED) is 0.864. The van der Waals surface area contributed by atoms with Crippen LogP contribution in [0.25, 0.3) is 0 Å². The normalized spacial score (nSPS) is 19.9. The van der Waals surface area contributed by atoms with Gasteiger partial charge in [0, 0.05) is 31.0 Å². The summed E-state index contributed by atoms with van der Waals surface area (Å²) in [6.45, 7) is 10.1. The van der Waals surface area contributed by atoms with E-state index < -0.39 is 0 Å². The Labute approximate surface area is 110 Å². The highest BCUT2D eigenvalue weighted by molar-refractivity contribution is 5.12. The largest absolute Gasteiger partial charge is 0.305 e. The molecule has 2 atom stereocenters. The summed E-state index contributed by atoms with van der Waals surface area (Å²) < 4.78 is 0. The second-order valence-corrected chi connectivity index (χ2v) is 5.32. The molecule has 1 N–H and O–H groups in total. The molecule has 18 heavy (non-hydrogen) atoms. The molecule has 0 bridgehead atoms. The topological polar surface area (TPSA) is 41.1 Å². The summed E-state index contributed by atoms with van der Waals surface area (Å²) >= 11 is 0. The van der Waals surface area contributed by atoms with Gasteiger partial charge in [-0.05, 0) is 46.7 Å². The Balaban J connectivity index is 1.86. The summed E-state index contributed by atoms with van der Waals surface area (Å²) in [5.74, 6) is 0. The van der Waals surface area contributed by atoms with Crippen molar-refractivity contribution >= 4 is 0 Å². The maximum absolute atomic E-state index is 4.42. The molecule has 0 aromatic carbocycles. The van der Waals surface area contributed by atoms with Gasteiger partial charge in [-0.15, -0.1) is 0 Å². The van der Waals surface area contributed by atoms with Gasteiger partial charge in [-0.25, -0.2) is 0 Å². The lowest BCUT2D eigenvalue weighted by molar-refractivity contribution is 0.288. The maximum Gasteiger partial charge on any atom is 0.0782 e. The maximum atomic E-state index is 4.42. The molecule has 1 aliphatic rings. The number of nitrogens with one attached hydrogen (secondary N) is 1. The first kappa shape index (κ1) is 13.4. The lowest BCUT2D eigenvalue weighted by Crippen LogP contribution is -2.39. The van der Waals surface area contributed by atoms with Crippen molar-refractivity contribution in [3.8, 4) is 0 Å². The van der Waals surface area contributed by atoms with Crippen LogP contribution in [0.3, 0.4) is 0 Å². The van der Waals surface area contributed by atoms with Crippen molar-refractivity contribution in [2.24, 2.45) is 0 Å². The Hall–Kier alpha value is -1.00. The molecular weight excluding hydrogens is 224 g/mol. The number of aromatic nitrogens is 2. The Morgan fingerprint density at radius 2 is 1.89 bits per heavy atom. The van der Waals surface area contributed by atoms with E-state index >= 15 is 0 Å². The molecule has 4 nitrogen and oxygen atoms in total. The second kappa shape index (κ2) is 6.25. The highest BCUT2D eigenvalue weighted by Crippen LogP contribution is 2.13. The van der Waals surface area contributed by atoms with Crippen LogP contribution in [0.4, 0.5) is 0 Å². The number of hydrogen-bond donors (Lipinski definition) is 1. The van der Waals surface area contributed by atoms with Gasteiger partial charge in [0.25, 0.3) is 0 Å². The summed E-state index contributed by atoms with van der Waals surface area (Å²) in [6.07, 6.45) is 6.22. The molecule has 2 heterocycles. The van der Waals surface area contributed by atoms with Crippen molar-refractivity contribution in [2.75, 3.05) is 19.6 Å². The molecule has 0 saturated carbocycles. The van der Waals surface area contributed by atoms with Crippen molar-refractivity contribution in [3.05, 3.63) is 23.8 Å². The van der Waals surface area contributed by atoms with E-state index in [9.17, 15) is 0 Å². The standard InChI is InChI=1S/C14H24N4/c1-11(10-18-8-4-5-9-18)17-13(3)14-12(2)15-6-7-16-14/h6-7,11,13,17H,4-5,8-10H2,1-3H3. The molecule has 0 radical (unpaired) electrons. The fourth-order valence-electron chi connectivity index (χ4n) is 2.75. The van der Waals surface area contributed by atoms with Crippen LogP contribution in [0.15, 0.2) is 12.4 Å². The monoisotopic (exact) mass is 248 g/mol. The van der Waals surface area contributed by atoms with Gasteiger partial charge in [-0.2, -0.15) is 0 Å². The van der Waals surface area contributed by atoms with Crippen LogP contribution >= 0.6 is 0 Å². The third kappa shape index (κ3) is 3.50. The van der Waals surface area contributed by atoms with E-state index in [0.717, 1.165) is 17.9 Å². The molecule has 1 aromatic heterocycles. The van der Waals surface area contributed by atoms with Crippen LogP contribution < -0.4 is 5.32 Å². The average Bonchev–Trinajstić information content (AvgIpc) is 2.82. The summed E-state index contributed by atoms with van der Waals surface area (Å²) in [4.78, 5) is 11.3. The first-order chi connectivity index (χ1) is 8.66. The lowest BCUT2D eigenvalue weighted by atomic mass is 10.1. The zero-order chi connectivity index (χ0) is 13.0. The number of hydrogen-bond acceptors (Lipinski definition) is 4. The van der Waals surface area contributed by atoms with E-state index in [-0.39, 0.29) is 6.04 Å². The molecule has 100 valence electrons. The molecule has 1 saturated heterocycles. The van der Waals surface area contributed by atoms with Crippen LogP contribution in [-0.2, 0) is 0 Å². The average molecular weight is 248 g/mol. The summed E-state index contributed by atoms with van der Waals surface area (Å²) in [5, 5.41) is 3.62. The molecular formula is C14H24N4. The van der Waals surface area contributed by atoms with E-state index in [1.807, 2.05) is 6.92 Å². The molecule has 4 heteroatoms. The number of likely N-dealkylation sites (tertiary alicyclic amines) is 1. The van der Waals surface area contributed by atoms with Crippen LogP contribution in [0, 0.1) is 6.92 Å². The van der Waals surface area contributed by atoms with Crippen molar-refractivity contribution in [2.45, 2.75) is 45.7 Å². The highest BCUT2D eigenvalue weighted by Gasteiger charge is 2.17. The third-order valence-corrected chi connectivity index (χ3v) is 3.59. The van der Waals surface area contributed by atoms with E-state index in [1.165, 1.54) is 25.9 Å². The predicted octanol–water partition coefficient (Wildman–Crippen LogP) is 1.92. The Bertz CT molecular complexity index is 374. The zero-order valence-corrected chi connectivity index (χ0v) is 11.7. The van der Waals surface area contributed by atoms with E-state index in [4.69, 9.17) is 0 Å². The minimum atomic E-state index is 0.260. The summed E-state index contributed by atoms with van der Waals surface area (Å²) in [7, 11) is 0. The van der Waals surface area contributed by atoms with Crippen molar-refractivity contribution < 1.29 is 0 Å². The SMILES string of the molecule is Cc1nccnc1C(C)NC(C)CN1CCCC1. The van der Waals surface area contributed by atoms with Gasteiger partial charge in [0.2, 0.25) is 0 Å². The summed E-state index contributed by atoms with van der Waals surface area (Å²) in [5.41, 5.74) is 2.08. The van der Waals surface area contributed by atoms with Gasteiger partial charge in [0.05, 0.1) is 11.4 Å². The Morgan fingerprint density at radius 1 is 1.22 bits per heavy atom. The first-order valence-corrected chi connectivity index (χ1v) is 6.92. The van der Waals surface area contributed by atoms with Crippen LogP contribution in [0.2, 0.25) is 0 Å². The van der Waals surface area contributed by atoms with Gasteiger partial charge in [-0.3, -0.25) is 9.97 Å². The minimum Gasteiger partial charge on any atom is -0.305 e. The fraction of sp³-hybridized carbons (Fsp3) is 0.714. The third-order valence-electron chi connectivity index (χ3n) is 3.59. The number of rotatable bonds is 5. The molecule has 2 unspecified atom stereocenters. The highest BCUT2D eigenvalue weighted by atomic mass is 15.2. The van der Waals surface area contributed by atoms with Gasteiger partial charge in [0.1, 0.15) is 0 Å². The van der Waals surface area contributed by atoms with Crippen LogP contribution in [0.5, 0.6) is 0 Å². The fourth-order valence-corrected chi connectivity index (χ4v) is 2.75. The predicted molar refractivity (Wildman–Crippen MR) is 73.5 cm³/mol. The molecule has 0 amide bonds. The number of nitrogens with zero attached hydrogens (tertiary/aromatic N) is 3. The molecule has 1 aliphatic heterocycles. The van der Waals surface area contributed by atoms with Crippen LogP contribution in [0.1, 0.15) is 44.1 Å². The lowest BCUT2D eigenvalue weighted by Gasteiger charge is -2.24. The van der Waals surface area contributed by atoms with Crippen molar-refractivity contribution in [1.82, 2.24) is 20.2 Å². The minimum absolute atomic E-state index is 0.260. The zero-order valence-electron chi connectivity index (χ0n) is 11.7. The molecule has 0 aliphatic carbocycles. The van der Waals surface area contributed by atoms with Gasteiger partial charge < -0.3 is 10.2 Å². The molecule has 0 spiro atoms. The Kier molecular flexibility index (Phi) is 4.66. The smallest absolute Gasteiger partial charge is 0.0782 e. The van der Waals surface area contributed by atoms with Crippen molar-refractivity contribution in [3.63, 3.8) is 0 Å². The Morgan fingerprint density at radius 3 is 2.56 bits per heavy atom. The summed E-state index contributed by atoms with van der Waals surface area (Å²) in [6, 6.07) is 0.746. The number of aryl methyl sites for hydroxylation is 1. The molecule has 1 fully saturated rings. The van der Waals surface area contributed by atoms with Gasteiger partial charge >= 0.3 is 0 Å². The van der Waals surface area contributed by atoms with Gasteiger partial charge in [-0.1, -0.05) is 0 Å². The van der Waals surface area contributed by atoms with E-state index in [1.54, 1.807) is 12.4 Å². The molecule has 1 aromatic rings. The van der Waals surface area contributed by atoms with Crippen LogP contribution in [-0.4, -0.2) is 40.5 Å². The van der Waals surface area contributed by atoms with Crippen molar-refractivity contribution in [1.29, 1.82) is 0 Å². The van der Waals surface area contributed by atoms with Gasteiger partial charge in [0.15, 0.2) is 0 Å². The van der Waals surface area contributed by atoms with E-state index in [2.05, 4.69) is 34.0 Å².